The van der Waals surface area contributed by atoms with Gasteiger partial charge in [-0.05, 0) is 32.4 Å². The maximum absolute atomic E-state index is 11.6. The fraction of sp³-hybridized carbons (Fsp3) is 0.500. The number of piperidine rings is 1. The monoisotopic (exact) mass is 235 g/mol. The molecular weight excluding hydrogens is 218 g/mol. The molecule has 2 heterocycles. The molecule has 1 saturated heterocycles. The predicted octanol–water partition coefficient (Wildman–Crippen LogP) is 1.23. The third kappa shape index (κ3) is 3.71. The lowest BCUT2D eigenvalue weighted by Gasteiger charge is -2.23. The summed E-state index contributed by atoms with van der Waals surface area (Å²) in [5.41, 5.74) is 0.828. The summed E-state index contributed by atoms with van der Waals surface area (Å²) in [5.74, 6) is 0.339. The van der Waals surface area contributed by atoms with Gasteiger partial charge in [0, 0.05) is 24.3 Å². The van der Waals surface area contributed by atoms with Crippen molar-refractivity contribution in [2.75, 3.05) is 13.1 Å². The van der Waals surface area contributed by atoms with E-state index in [4.69, 9.17) is 4.74 Å². The van der Waals surface area contributed by atoms with Crippen LogP contribution in [-0.4, -0.2) is 30.2 Å². The molecule has 0 bridgehead atoms. The Labute approximate surface area is 101 Å². The van der Waals surface area contributed by atoms with E-state index < -0.39 is 6.09 Å². The largest absolute Gasteiger partial charge is 0.414 e. The molecule has 17 heavy (non-hydrogen) atoms. The van der Waals surface area contributed by atoms with Gasteiger partial charge in [-0.15, -0.1) is 0 Å². The molecule has 1 fully saturated rings. The number of hydrogen-bond donors (Lipinski definition) is 2. The van der Waals surface area contributed by atoms with Crippen LogP contribution in [0, 0.1) is 6.92 Å². The second-order valence-corrected chi connectivity index (χ2v) is 4.19. The molecule has 1 aromatic rings. The summed E-state index contributed by atoms with van der Waals surface area (Å²) in [4.78, 5) is 15.7. The number of nitrogens with one attached hydrogen (secondary N) is 2. The zero-order chi connectivity index (χ0) is 12.1. The van der Waals surface area contributed by atoms with E-state index in [-0.39, 0.29) is 6.04 Å². The van der Waals surface area contributed by atoms with Gasteiger partial charge in [0.15, 0.2) is 0 Å². The van der Waals surface area contributed by atoms with Crippen molar-refractivity contribution in [3.63, 3.8) is 0 Å². The molecule has 0 aliphatic carbocycles. The van der Waals surface area contributed by atoms with Gasteiger partial charge in [0.05, 0.1) is 0 Å². The van der Waals surface area contributed by atoms with Gasteiger partial charge in [0.1, 0.15) is 0 Å². The van der Waals surface area contributed by atoms with Gasteiger partial charge in [0.25, 0.3) is 0 Å². The van der Waals surface area contributed by atoms with Crippen molar-refractivity contribution in [2.24, 2.45) is 0 Å². The van der Waals surface area contributed by atoms with Crippen molar-refractivity contribution in [1.29, 1.82) is 0 Å². The standard InChI is InChI=1S/C12H17N3O2/c1-9-4-2-6-11(14-9)17-12(16)15-10-5-3-7-13-8-10/h2,4,6,10,13H,3,5,7-8H2,1H3,(H,15,16). The van der Waals surface area contributed by atoms with E-state index >= 15 is 0 Å². The van der Waals surface area contributed by atoms with Crippen LogP contribution in [0.1, 0.15) is 18.5 Å². The van der Waals surface area contributed by atoms with Crippen LogP contribution in [0.2, 0.25) is 0 Å². The van der Waals surface area contributed by atoms with Gasteiger partial charge in [-0.1, -0.05) is 6.07 Å². The number of amides is 1. The molecule has 1 amide bonds. The molecule has 0 radical (unpaired) electrons. The summed E-state index contributed by atoms with van der Waals surface area (Å²) >= 11 is 0. The van der Waals surface area contributed by atoms with Crippen molar-refractivity contribution in [3.8, 4) is 5.88 Å². The normalized spacial score (nSPS) is 19.7. The minimum absolute atomic E-state index is 0.154. The molecule has 0 aromatic carbocycles. The quantitative estimate of drug-likeness (QED) is 0.809. The van der Waals surface area contributed by atoms with Crippen molar-refractivity contribution >= 4 is 6.09 Å². The average molecular weight is 235 g/mol. The summed E-state index contributed by atoms with van der Waals surface area (Å²) < 4.78 is 5.11. The number of pyridine rings is 1. The maximum atomic E-state index is 11.6. The van der Waals surface area contributed by atoms with Crippen LogP contribution in [0.5, 0.6) is 5.88 Å². The van der Waals surface area contributed by atoms with Crippen molar-refractivity contribution in [3.05, 3.63) is 23.9 Å². The van der Waals surface area contributed by atoms with Crippen LogP contribution in [0.15, 0.2) is 18.2 Å². The van der Waals surface area contributed by atoms with Crippen LogP contribution in [-0.2, 0) is 0 Å². The predicted molar refractivity (Wildman–Crippen MR) is 64.0 cm³/mol. The Hall–Kier alpha value is -1.62. The molecule has 5 heteroatoms. The Bertz CT molecular complexity index is 389. The fourth-order valence-electron chi connectivity index (χ4n) is 1.84. The molecule has 0 spiro atoms. The van der Waals surface area contributed by atoms with E-state index in [1.54, 1.807) is 6.07 Å². The Morgan fingerprint density at radius 3 is 3.18 bits per heavy atom. The van der Waals surface area contributed by atoms with E-state index in [0.717, 1.165) is 31.6 Å². The number of carbonyl (C=O) groups excluding carboxylic acids is 1. The third-order valence-electron chi connectivity index (χ3n) is 2.68. The van der Waals surface area contributed by atoms with Crippen LogP contribution < -0.4 is 15.4 Å². The number of nitrogens with zero attached hydrogens (tertiary/aromatic N) is 1. The van der Waals surface area contributed by atoms with Crippen molar-refractivity contribution < 1.29 is 9.53 Å². The van der Waals surface area contributed by atoms with Crippen LogP contribution >= 0.6 is 0 Å². The maximum Gasteiger partial charge on any atom is 0.414 e. The Morgan fingerprint density at radius 1 is 1.59 bits per heavy atom. The van der Waals surface area contributed by atoms with Gasteiger partial charge in [-0.3, -0.25) is 0 Å². The summed E-state index contributed by atoms with van der Waals surface area (Å²) in [7, 11) is 0. The average Bonchev–Trinajstić information content (AvgIpc) is 2.30. The molecule has 0 saturated carbocycles. The second kappa shape index (κ2) is 5.63. The number of aromatic nitrogens is 1. The first kappa shape index (κ1) is 11.9. The molecular formula is C12H17N3O2. The number of aryl methyl sites for hydroxylation is 1. The number of rotatable bonds is 2. The van der Waals surface area contributed by atoms with Crippen LogP contribution in [0.25, 0.3) is 0 Å². The number of carbonyl (C=O) groups is 1. The summed E-state index contributed by atoms with van der Waals surface area (Å²) in [6.07, 6.45) is 1.63. The van der Waals surface area contributed by atoms with Gasteiger partial charge in [0.2, 0.25) is 5.88 Å². The highest BCUT2D eigenvalue weighted by molar-refractivity contribution is 5.70. The van der Waals surface area contributed by atoms with Crippen LogP contribution in [0.4, 0.5) is 4.79 Å². The topological polar surface area (TPSA) is 63.2 Å². The lowest BCUT2D eigenvalue weighted by Crippen LogP contribution is -2.46. The fourth-order valence-corrected chi connectivity index (χ4v) is 1.84. The molecule has 1 atom stereocenters. The zero-order valence-electron chi connectivity index (χ0n) is 9.90. The molecule has 5 nitrogen and oxygen atoms in total. The Kier molecular flexibility index (Phi) is 3.93. The molecule has 1 aliphatic rings. The van der Waals surface area contributed by atoms with E-state index in [2.05, 4.69) is 15.6 Å². The Balaban J connectivity index is 1.84. The molecule has 1 unspecified atom stereocenters. The Morgan fingerprint density at radius 2 is 2.47 bits per heavy atom. The summed E-state index contributed by atoms with van der Waals surface area (Å²) in [5, 5.41) is 6.05. The van der Waals surface area contributed by atoms with Crippen molar-refractivity contribution in [1.82, 2.24) is 15.6 Å². The smallest absolute Gasteiger partial charge is 0.391 e. The van der Waals surface area contributed by atoms with Crippen LogP contribution in [0.3, 0.4) is 0 Å². The van der Waals surface area contributed by atoms with E-state index in [9.17, 15) is 4.79 Å². The van der Waals surface area contributed by atoms with Gasteiger partial charge in [-0.2, -0.15) is 0 Å². The molecule has 92 valence electrons. The molecule has 1 aromatic heterocycles. The van der Waals surface area contributed by atoms with E-state index in [1.807, 2.05) is 19.1 Å². The highest BCUT2D eigenvalue weighted by Crippen LogP contribution is 2.07. The SMILES string of the molecule is Cc1cccc(OC(=O)NC2CCCNC2)n1. The minimum Gasteiger partial charge on any atom is -0.391 e. The van der Waals surface area contributed by atoms with E-state index in [1.165, 1.54) is 0 Å². The highest BCUT2D eigenvalue weighted by Gasteiger charge is 2.16. The van der Waals surface area contributed by atoms with Gasteiger partial charge < -0.3 is 15.4 Å². The van der Waals surface area contributed by atoms with Crippen molar-refractivity contribution in [2.45, 2.75) is 25.8 Å². The number of hydrogen-bond acceptors (Lipinski definition) is 4. The summed E-state index contributed by atoms with van der Waals surface area (Å²) in [6, 6.07) is 5.50. The van der Waals surface area contributed by atoms with E-state index in [0.29, 0.717) is 5.88 Å². The van der Waals surface area contributed by atoms with Gasteiger partial charge in [-0.25, -0.2) is 9.78 Å². The zero-order valence-corrected chi connectivity index (χ0v) is 9.90. The lowest BCUT2D eigenvalue weighted by molar-refractivity contribution is 0.191. The first-order valence-corrected chi connectivity index (χ1v) is 5.87. The second-order valence-electron chi connectivity index (χ2n) is 4.19. The molecule has 2 N–H and O–H groups in total. The highest BCUT2D eigenvalue weighted by atomic mass is 16.6. The minimum atomic E-state index is -0.434. The first-order valence-electron chi connectivity index (χ1n) is 5.87. The lowest BCUT2D eigenvalue weighted by atomic mass is 10.1. The number of ether oxygens (including phenoxy) is 1. The third-order valence-corrected chi connectivity index (χ3v) is 2.68. The van der Waals surface area contributed by atoms with Gasteiger partial charge >= 0.3 is 6.09 Å². The molecule has 1 aliphatic heterocycles. The summed E-state index contributed by atoms with van der Waals surface area (Å²) in [6.45, 7) is 3.68. The first-order chi connectivity index (χ1) is 8.24. The molecule has 2 rings (SSSR count).